The molecule has 101 heavy (non-hydrogen) atoms. The second kappa shape index (κ2) is 41.8. The second-order valence-corrected chi connectivity index (χ2v) is 34.3. The van der Waals surface area contributed by atoms with Gasteiger partial charge in [-0.2, -0.15) is 0 Å². The Balaban J connectivity index is 0.610. The maximum Gasteiger partial charge on any atom is 0.472 e. The Morgan fingerprint density at radius 1 is 0.584 bits per heavy atom. The molecule has 0 spiro atoms. The van der Waals surface area contributed by atoms with Crippen LogP contribution in [0, 0.1) is 5.92 Å². The van der Waals surface area contributed by atoms with Crippen molar-refractivity contribution in [3.8, 4) is 22.5 Å². The number of carbonyl (C=O) groups is 5. The van der Waals surface area contributed by atoms with Gasteiger partial charge < -0.3 is 105 Å². The highest BCUT2D eigenvalue weighted by molar-refractivity contribution is 8.07. The molecular formula is C62H93N5O27P4S3. The number of aliphatic hydroxyl groups excluding tert-OH is 1. The maximum atomic E-state index is 14.0. The molecule has 5 aliphatic rings. The number of hydrogen-bond acceptors (Lipinski definition) is 28. The van der Waals surface area contributed by atoms with Crippen molar-refractivity contribution in [2.45, 2.75) is 159 Å². The second-order valence-electron chi connectivity index (χ2n) is 24.5. The Bertz CT molecular complexity index is 3380. The van der Waals surface area contributed by atoms with Gasteiger partial charge in [0, 0.05) is 108 Å². The molecule has 0 aliphatic carbocycles. The summed E-state index contributed by atoms with van der Waals surface area (Å²) in [6, 6.07) is 15.4. The standard InChI is InChI=1S/C62H93N5O27P4S3/c1-43(68)37-44(62(63)73)9-6-7-23-67-61-48-12-3-2-10-45(48)38-66(50-14-5-4-13-49(50)60(61)64-65-67)59(72)15-8-11-46(69)16-24-79-31-33-81-35-36-82-34-32-80-25-17-47(70)18-30-87-95(74,75)88-40-56-52(20-27-84-56)92-97(77,100)90-42-58-54(22-29-86-58)94-98(78,101)91-41-57-53(21-28-85-57)93-96(76,99)89-39-55-51(71)19-26-83-55/h2-5,10,12-14,44,51-58,71H,6-9,11,15-42H2,1H3,(H2,63,73)(H,74,75)(H,76,99)(H,77,100)(H,78,101)/t44-,51?,52+,53+,54?,55-,56+,57+,58-,96?,97?,98?/m0/s1. The van der Waals surface area contributed by atoms with E-state index in [4.69, 9.17) is 115 Å². The van der Waals surface area contributed by atoms with Gasteiger partial charge in [-0.15, -0.1) is 5.10 Å². The normalized spacial score (nSPS) is 23.9. The molecule has 0 radical (unpaired) electrons. The summed E-state index contributed by atoms with van der Waals surface area (Å²) in [6.45, 7) is -8.35. The molecule has 6 unspecified atom stereocenters. The van der Waals surface area contributed by atoms with Gasteiger partial charge in [0.15, 0.2) is 0 Å². The largest absolute Gasteiger partial charge is 0.472 e. The highest BCUT2D eigenvalue weighted by Crippen LogP contribution is 2.52. The number of Topliss-reactive ketones (excluding diaryl/α,β-unsaturated/α-hetero) is 3. The molecule has 6 heterocycles. The smallest absolute Gasteiger partial charge is 0.390 e. The highest BCUT2D eigenvalue weighted by atomic mass is 32.5. The number of phosphoric ester groups is 1. The molecule has 0 bridgehead atoms. The van der Waals surface area contributed by atoms with E-state index in [1.165, 1.54) is 6.92 Å². The number of aliphatic hydroxyl groups is 1. The predicted molar refractivity (Wildman–Crippen MR) is 372 cm³/mol. The molecule has 2 amide bonds. The molecule has 7 N–H and O–H groups in total. The molecule has 13 atom stereocenters. The minimum Gasteiger partial charge on any atom is -0.390 e. The Hall–Kier alpha value is -3.13. The van der Waals surface area contributed by atoms with E-state index >= 15 is 0 Å². The molecule has 1 aromatic heterocycles. The molecule has 0 saturated carbocycles. The van der Waals surface area contributed by atoms with Crippen molar-refractivity contribution >= 4 is 98.3 Å². The van der Waals surface area contributed by atoms with Crippen LogP contribution in [0.5, 0.6) is 0 Å². The van der Waals surface area contributed by atoms with Crippen LogP contribution in [-0.2, 0) is 151 Å². The molecule has 566 valence electrons. The third-order valence-corrected chi connectivity index (χ3v) is 22.6. The molecule has 32 nitrogen and oxygen atoms in total. The number of ketones is 3. The van der Waals surface area contributed by atoms with E-state index in [9.17, 15) is 53.2 Å². The first-order chi connectivity index (χ1) is 48.3. The van der Waals surface area contributed by atoms with Gasteiger partial charge in [-0.25, -0.2) is 9.25 Å². The van der Waals surface area contributed by atoms with E-state index in [0.29, 0.717) is 69.6 Å². The molecule has 3 aromatic rings. The van der Waals surface area contributed by atoms with Crippen molar-refractivity contribution in [1.82, 2.24) is 15.0 Å². The highest BCUT2D eigenvalue weighted by Gasteiger charge is 2.42. The number of anilines is 1. The Kier molecular flexibility index (Phi) is 34.6. The van der Waals surface area contributed by atoms with Crippen LogP contribution in [0.1, 0.15) is 102 Å². The Labute approximate surface area is 601 Å². The van der Waals surface area contributed by atoms with Gasteiger partial charge in [0.2, 0.25) is 11.8 Å². The van der Waals surface area contributed by atoms with Crippen molar-refractivity contribution in [1.29, 1.82) is 0 Å². The average Bonchev–Trinajstić information content (AvgIpc) is 1.72. The van der Waals surface area contributed by atoms with E-state index in [2.05, 4.69) is 10.3 Å². The van der Waals surface area contributed by atoms with Crippen molar-refractivity contribution in [2.75, 3.05) is 117 Å². The Morgan fingerprint density at radius 3 is 1.59 bits per heavy atom. The summed E-state index contributed by atoms with van der Waals surface area (Å²) in [5.41, 5.74) is 10.3. The third kappa shape index (κ3) is 28.2. The molecule has 39 heteroatoms. The number of fused-ring (bicyclic) bond motifs is 5. The van der Waals surface area contributed by atoms with Gasteiger partial charge in [0.1, 0.15) is 47.5 Å². The van der Waals surface area contributed by atoms with Gasteiger partial charge in [-0.3, -0.25) is 28.2 Å². The fourth-order valence-corrected chi connectivity index (χ4v) is 16.8. The van der Waals surface area contributed by atoms with Crippen molar-refractivity contribution < 1.29 is 127 Å². The number of unbranched alkanes of at least 4 members (excludes halogenated alkanes) is 1. The van der Waals surface area contributed by atoms with Gasteiger partial charge >= 0.3 is 28.0 Å². The third-order valence-electron chi connectivity index (χ3n) is 16.9. The van der Waals surface area contributed by atoms with E-state index in [1.807, 2.05) is 53.2 Å². The summed E-state index contributed by atoms with van der Waals surface area (Å²) in [5.74, 6) is -1.50. The summed E-state index contributed by atoms with van der Waals surface area (Å²) in [5, 5.41) is 19.1. The first-order valence-corrected chi connectivity index (χ1v) is 42.9. The minimum atomic E-state index is -4.67. The first-order valence-electron chi connectivity index (χ1n) is 33.6. The fraction of sp³-hybridized carbons (Fsp3) is 0.694. The van der Waals surface area contributed by atoms with Crippen LogP contribution >= 0.6 is 28.0 Å². The number of primary amides is 1. The van der Waals surface area contributed by atoms with Crippen LogP contribution in [0.4, 0.5) is 5.69 Å². The molecule has 2 aromatic carbocycles. The van der Waals surface area contributed by atoms with Crippen molar-refractivity contribution in [2.24, 2.45) is 11.7 Å². The lowest BCUT2D eigenvalue weighted by molar-refractivity contribution is -0.126. The average molecular weight is 1560 g/mol. The summed E-state index contributed by atoms with van der Waals surface area (Å²) in [6.07, 6.45) is -2.51. The lowest BCUT2D eigenvalue weighted by Gasteiger charge is -2.28. The number of nitrogens with two attached hydrogens (primary N) is 1. The molecule has 4 fully saturated rings. The van der Waals surface area contributed by atoms with E-state index in [1.54, 1.807) is 4.90 Å². The minimum absolute atomic E-state index is 0.0173. The molecular weight excluding hydrogens is 1470 g/mol. The lowest BCUT2D eigenvalue weighted by atomic mass is 9.94. The van der Waals surface area contributed by atoms with Gasteiger partial charge in [0.05, 0.1) is 128 Å². The molecule has 4 saturated heterocycles. The summed E-state index contributed by atoms with van der Waals surface area (Å²) in [4.78, 5) is 108. The monoisotopic (exact) mass is 1560 g/mol. The zero-order valence-corrected chi connectivity index (χ0v) is 62.3. The number of para-hydroxylation sites is 1. The zero-order valence-electron chi connectivity index (χ0n) is 56.2. The van der Waals surface area contributed by atoms with Crippen LogP contribution in [0.3, 0.4) is 0 Å². The quantitative estimate of drug-likeness (QED) is 0.0289. The number of hydrogen-bond donors (Lipinski definition) is 6. The number of rotatable bonds is 49. The predicted octanol–water partition coefficient (Wildman–Crippen LogP) is 5.76. The van der Waals surface area contributed by atoms with E-state index < -0.39 is 102 Å². The van der Waals surface area contributed by atoms with Gasteiger partial charge in [-0.1, -0.05) is 54.1 Å². The number of amides is 2. The number of nitrogens with zero attached hydrogens (tertiary/aromatic N) is 4. The summed E-state index contributed by atoms with van der Waals surface area (Å²) >= 11 is 15.7. The fourth-order valence-electron chi connectivity index (χ4n) is 11.6. The van der Waals surface area contributed by atoms with Crippen LogP contribution in [0.25, 0.3) is 22.5 Å². The number of carbonyl (C=O) groups excluding carboxylic acids is 5. The van der Waals surface area contributed by atoms with Crippen molar-refractivity contribution in [3.05, 3.63) is 54.1 Å². The lowest BCUT2D eigenvalue weighted by Crippen LogP contribution is -2.31. The van der Waals surface area contributed by atoms with Crippen molar-refractivity contribution in [3.63, 3.8) is 0 Å². The number of aromatic nitrogens is 3. The number of phosphoric acid groups is 1. The number of benzene rings is 2. The summed E-state index contributed by atoms with van der Waals surface area (Å²) in [7, 11) is -4.67. The SMILES string of the molecule is CC(=O)C[C@H](CCCCn1nnc2c1-c1ccccc1CN(C(=O)CCCC(=O)CCOCCOCCOCCOCCC(=O)CCOP(=O)(O)OC[C@H]1OCC[C@H]1OP(O)(=S)OC[C@@H]1OCCC1OP(O)(=S)OC[C@H]1OCC[C@H]1OP(O)(=S)OC[C@@H]1OCCC1O)c1ccccc1-2)C(N)=O. The number of ether oxygens (including phenoxy) is 8. The molecule has 8 rings (SSSR count). The first kappa shape index (κ1) is 83.5. The van der Waals surface area contributed by atoms with Crippen LogP contribution < -0.4 is 10.6 Å². The summed E-state index contributed by atoms with van der Waals surface area (Å²) < 4.78 is 103. The van der Waals surface area contributed by atoms with Gasteiger partial charge in [-0.05, 0) is 79.7 Å². The number of aryl methyl sites for hydroxylation is 1. The maximum absolute atomic E-state index is 14.0. The van der Waals surface area contributed by atoms with Gasteiger partial charge in [0.25, 0.3) is 0 Å². The van der Waals surface area contributed by atoms with Crippen LogP contribution in [-0.4, -0.2) is 230 Å². The molecule has 5 aliphatic heterocycles. The van der Waals surface area contributed by atoms with E-state index in [0.717, 1.165) is 22.4 Å². The Morgan fingerprint density at radius 2 is 1.06 bits per heavy atom. The van der Waals surface area contributed by atoms with Crippen LogP contribution in [0.2, 0.25) is 0 Å². The topological polar surface area (TPSA) is 411 Å². The zero-order chi connectivity index (χ0) is 72.4. The van der Waals surface area contributed by atoms with E-state index in [-0.39, 0.29) is 167 Å². The van der Waals surface area contributed by atoms with Crippen LogP contribution in [0.15, 0.2) is 48.5 Å².